The molecule has 1 N–H and O–H groups in total. The van der Waals surface area contributed by atoms with Gasteiger partial charge in [0.15, 0.2) is 6.10 Å². The second kappa shape index (κ2) is 37.1. The summed E-state index contributed by atoms with van der Waals surface area (Å²) in [5.74, 6) is -0.799. The molecule has 0 heterocycles. The Morgan fingerprint density at radius 3 is 1.37 bits per heavy atom. The summed E-state index contributed by atoms with van der Waals surface area (Å²) in [7, 11) is 1.48. The van der Waals surface area contributed by atoms with Gasteiger partial charge >= 0.3 is 19.8 Å². The highest BCUT2D eigenvalue weighted by Gasteiger charge is 2.27. The van der Waals surface area contributed by atoms with Crippen molar-refractivity contribution in [3.8, 4) is 0 Å². The van der Waals surface area contributed by atoms with Crippen LogP contribution in [0.2, 0.25) is 0 Å². The summed E-state index contributed by atoms with van der Waals surface area (Å²) in [4.78, 5) is 35.3. The summed E-state index contributed by atoms with van der Waals surface area (Å²) in [6, 6.07) is 0. The van der Waals surface area contributed by atoms with Crippen molar-refractivity contribution in [2.75, 3.05) is 47.5 Å². The Balaban J connectivity index is 4.34. The van der Waals surface area contributed by atoms with Gasteiger partial charge in [0, 0.05) is 12.8 Å². The van der Waals surface area contributed by atoms with E-state index >= 15 is 0 Å². The Hall–Kier alpha value is -1.51. The number of carbonyl (C=O) groups is 2. The molecule has 0 amide bonds. The van der Waals surface area contributed by atoms with Crippen molar-refractivity contribution in [2.24, 2.45) is 0 Å². The number of esters is 2. The van der Waals surface area contributed by atoms with E-state index in [0.717, 1.165) is 38.5 Å². The van der Waals surface area contributed by atoms with E-state index in [9.17, 15) is 19.0 Å². The van der Waals surface area contributed by atoms with Crippen molar-refractivity contribution in [1.29, 1.82) is 0 Å². The van der Waals surface area contributed by atoms with Gasteiger partial charge in [0.2, 0.25) is 0 Å². The van der Waals surface area contributed by atoms with Gasteiger partial charge in [-0.25, -0.2) is 4.57 Å². The molecule has 0 aliphatic heterocycles. The summed E-state index contributed by atoms with van der Waals surface area (Å²) >= 11 is 0. The van der Waals surface area contributed by atoms with Crippen LogP contribution in [0, 0.1) is 0 Å². The Bertz CT molecular complexity index is 980. The SMILES string of the molecule is CCCC/C=C/CCCCCCCCCCCC(=O)OC[C@H](COP(=O)(O)OCC[N+](C)(C)C)OC(=O)CCCCCCCCCCC/C=C/CCCC. The van der Waals surface area contributed by atoms with E-state index in [4.69, 9.17) is 18.5 Å². The maximum absolute atomic E-state index is 12.7. The van der Waals surface area contributed by atoms with E-state index in [-0.39, 0.29) is 32.0 Å². The topological polar surface area (TPSA) is 108 Å². The normalized spacial score (nSPS) is 13.8. The number of carbonyl (C=O) groups excluding carboxylic acids is 2. The third-order valence-electron chi connectivity index (χ3n) is 9.45. The fourth-order valence-electron chi connectivity index (χ4n) is 5.92. The van der Waals surface area contributed by atoms with E-state index in [1.807, 2.05) is 21.1 Å². The Morgan fingerprint density at radius 2 is 0.944 bits per heavy atom. The average Bonchev–Trinajstić information content (AvgIpc) is 3.12. The van der Waals surface area contributed by atoms with Crippen molar-refractivity contribution >= 4 is 19.8 Å². The molecule has 0 saturated carbocycles. The lowest BCUT2D eigenvalue weighted by Crippen LogP contribution is -2.37. The van der Waals surface area contributed by atoms with Gasteiger partial charge in [0.05, 0.1) is 27.7 Å². The second-order valence-corrected chi connectivity index (χ2v) is 17.5. The van der Waals surface area contributed by atoms with Crippen molar-refractivity contribution < 1.29 is 42.1 Å². The van der Waals surface area contributed by atoms with Gasteiger partial charge in [-0.2, -0.15) is 0 Å². The van der Waals surface area contributed by atoms with Crippen LogP contribution in [-0.2, 0) is 32.7 Å². The minimum absolute atomic E-state index is 0.0323. The summed E-state index contributed by atoms with van der Waals surface area (Å²) in [6.07, 6.45) is 39.3. The molecule has 0 saturated heterocycles. The molecule has 0 radical (unpaired) electrons. The highest BCUT2D eigenvalue weighted by molar-refractivity contribution is 7.47. The van der Waals surface area contributed by atoms with Crippen molar-refractivity contribution in [1.82, 2.24) is 0 Å². The van der Waals surface area contributed by atoms with Crippen molar-refractivity contribution in [2.45, 2.75) is 200 Å². The molecule has 0 aromatic carbocycles. The van der Waals surface area contributed by atoms with Crippen LogP contribution in [0.3, 0.4) is 0 Å². The number of ether oxygens (including phenoxy) is 2. The van der Waals surface area contributed by atoms with Crippen LogP contribution in [0.15, 0.2) is 24.3 Å². The third-order valence-corrected chi connectivity index (χ3v) is 10.4. The second-order valence-electron chi connectivity index (χ2n) is 16.1. The lowest BCUT2D eigenvalue weighted by Gasteiger charge is -2.24. The van der Waals surface area contributed by atoms with Crippen LogP contribution in [0.1, 0.15) is 194 Å². The van der Waals surface area contributed by atoms with Gasteiger partial charge in [0.1, 0.15) is 19.8 Å². The van der Waals surface area contributed by atoms with E-state index in [1.165, 1.54) is 122 Å². The van der Waals surface area contributed by atoms with Crippen LogP contribution in [0.5, 0.6) is 0 Å². The average molecular weight is 787 g/mol. The predicted octanol–water partition coefficient (Wildman–Crippen LogP) is 12.4. The fourth-order valence-corrected chi connectivity index (χ4v) is 6.66. The molecule has 9 nitrogen and oxygen atoms in total. The van der Waals surface area contributed by atoms with Crippen LogP contribution in [0.4, 0.5) is 0 Å². The summed E-state index contributed by atoms with van der Waals surface area (Å²) in [5.41, 5.74) is 0. The number of likely N-dealkylation sites (N-methyl/N-ethyl adjacent to an activating group) is 1. The molecule has 0 spiro atoms. The minimum atomic E-state index is -4.37. The van der Waals surface area contributed by atoms with E-state index in [0.29, 0.717) is 17.4 Å². The summed E-state index contributed by atoms with van der Waals surface area (Å²) in [6.45, 7) is 4.37. The number of hydrogen-bond acceptors (Lipinski definition) is 7. The molecular weight excluding hydrogens is 701 g/mol. The van der Waals surface area contributed by atoms with Crippen molar-refractivity contribution in [3.05, 3.63) is 24.3 Å². The van der Waals surface area contributed by atoms with Crippen LogP contribution < -0.4 is 0 Å². The molecule has 0 aliphatic rings. The maximum atomic E-state index is 12.7. The van der Waals surface area contributed by atoms with E-state index < -0.39 is 26.5 Å². The van der Waals surface area contributed by atoms with Gasteiger partial charge in [-0.15, -0.1) is 0 Å². The third kappa shape index (κ3) is 40.2. The predicted molar refractivity (Wildman–Crippen MR) is 224 cm³/mol. The molecular formula is C44H85NO8P+. The number of rotatable bonds is 40. The molecule has 0 aromatic rings. The first-order valence-electron chi connectivity index (χ1n) is 22.1. The summed E-state index contributed by atoms with van der Waals surface area (Å²) in [5, 5.41) is 0. The van der Waals surface area contributed by atoms with Gasteiger partial charge in [-0.3, -0.25) is 18.6 Å². The first-order valence-corrected chi connectivity index (χ1v) is 23.6. The molecule has 0 aliphatic carbocycles. The molecule has 0 aromatic heterocycles. The number of nitrogens with zero attached hydrogens (tertiary/aromatic N) is 1. The number of unbranched alkanes of at least 4 members (excludes halogenated alkanes) is 22. The van der Waals surface area contributed by atoms with Crippen LogP contribution >= 0.6 is 7.82 Å². The van der Waals surface area contributed by atoms with Gasteiger partial charge < -0.3 is 18.9 Å². The quantitative estimate of drug-likeness (QED) is 0.0215. The van der Waals surface area contributed by atoms with Crippen LogP contribution in [0.25, 0.3) is 0 Å². The Labute approximate surface area is 332 Å². The van der Waals surface area contributed by atoms with E-state index in [2.05, 4.69) is 38.2 Å². The molecule has 54 heavy (non-hydrogen) atoms. The molecule has 10 heteroatoms. The molecule has 0 bridgehead atoms. The number of phosphoric acid groups is 1. The fraction of sp³-hybridized carbons (Fsp3) is 0.864. The molecule has 1 unspecified atom stereocenters. The zero-order valence-corrected chi connectivity index (χ0v) is 36.6. The lowest BCUT2D eigenvalue weighted by atomic mass is 10.1. The van der Waals surface area contributed by atoms with Gasteiger partial charge in [0.25, 0.3) is 0 Å². The number of allylic oxidation sites excluding steroid dienone is 4. The number of phosphoric ester groups is 1. The Morgan fingerprint density at radius 1 is 0.556 bits per heavy atom. The zero-order valence-electron chi connectivity index (χ0n) is 35.7. The highest BCUT2D eigenvalue weighted by Crippen LogP contribution is 2.43. The largest absolute Gasteiger partial charge is 0.472 e. The van der Waals surface area contributed by atoms with Gasteiger partial charge in [-0.1, -0.05) is 154 Å². The molecule has 318 valence electrons. The Kier molecular flexibility index (Phi) is 36.1. The highest BCUT2D eigenvalue weighted by atomic mass is 31.2. The number of quaternary nitrogens is 1. The van der Waals surface area contributed by atoms with Crippen LogP contribution in [-0.4, -0.2) is 74.9 Å². The molecule has 0 fully saturated rings. The first-order chi connectivity index (χ1) is 26.0. The van der Waals surface area contributed by atoms with E-state index in [1.54, 1.807) is 0 Å². The zero-order chi connectivity index (χ0) is 40.0. The van der Waals surface area contributed by atoms with Gasteiger partial charge in [-0.05, 0) is 51.4 Å². The lowest BCUT2D eigenvalue weighted by molar-refractivity contribution is -0.870. The monoisotopic (exact) mass is 787 g/mol. The standard InChI is InChI=1S/C44H84NO8P/c1-6-8-10-12-14-16-18-20-22-24-26-28-30-32-34-36-43(46)50-40-42(41-52-54(48,49)51-39-38-45(3,4)5)53-44(47)37-35-33-31-29-27-25-23-21-19-17-15-13-11-9-7-2/h12-15,42H,6-11,16-41H2,1-5H3/p+1/b14-12+,15-13+/t42-/m1/s1. The summed E-state index contributed by atoms with van der Waals surface area (Å²) < 4.78 is 34.3. The molecule has 2 atom stereocenters. The smallest absolute Gasteiger partial charge is 0.462 e. The number of hydrogen-bond donors (Lipinski definition) is 1. The van der Waals surface area contributed by atoms with Crippen molar-refractivity contribution in [3.63, 3.8) is 0 Å². The minimum Gasteiger partial charge on any atom is -0.462 e. The first kappa shape index (κ1) is 52.5. The molecule has 0 rings (SSSR count). The maximum Gasteiger partial charge on any atom is 0.472 e.